The number of hydrogen-bond acceptors (Lipinski definition) is 15. The van der Waals surface area contributed by atoms with E-state index in [1.54, 1.807) is 0 Å². The molecule has 0 aromatic rings. The van der Waals surface area contributed by atoms with Crippen LogP contribution >= 0.6 is 0 Å². The van der Waals surface area contributed by atoms with E-state index in [2.05, 4.69) is 38.2 Å². The molecule has 2 heterocycles. The number of hydrogen-bond donors (Lipinski definition) is 7. The van der Waals surface area contributed by atoms with Crippen molar-refractivity contribution >= 4 is 11.9 Å². The maximum atomic E-state index is 12.8. The summed E-state index contributed by atoms with van der Waals surface area (Å²) in [5.41, 5.74) is 0. The summed E-state index contributed by atoms with van der Waals surface area (Å²) < 4.78 is 33.3. The lowest BCUT2D eigenvalue weighted by atomic mass is 9.98. The molecule has 0 amide bonds. The third kappa shape index (κ3) is 21.0. The number of esters is 2. The third-order valence-corrected chi connectivity index (χ3v) is 10.4. The summed E-state index contributed by atoms with van der Waals surface area (Å²) in [6.07, 6.45) is 11.1. The van der Waals surface area contributed by atoms with Gasteiger partial charge < -0.3 is 64.2 Å². The molecule has 0 saturated carbocycles. The van der Waals surface area contributed by atoms with Crippen molar-refractivity contribution < 1.29 is 73.8 Å². The van der Waals surface area contributed by atoms with Gasteiger partial charge in [-0.25, -0.2) is 0 Å². The fraction of sp³-hybridized carbons (Fsp3) is 0.860. The van der Waals surface area contributed by atoms with E-state index in [1.165, 1.54) is 25.7 Å². The first-order chi connectivity index (χ1) is 28.0. The molecule has 2 fully saturated rings. The smallest absolute Gasteiger partial charge is 0.306 e. The number of unbranched alkanes of at least 4 members (excludes halogenated alkanes) is 14. The Kier molecular flexibility index (Phi) is 28.6. The van der Waals surface area contributed by atoms with E-state index in [9.17, 15) is 45.3 Å². The van der Waals surface area contributed by atoms with Gasteiger partial charge in [-0.2, -0.15) is 0 Å². The van der Waals surface area contributed by atoms with Gasteiger partial charge in [0.15, 0.2) is 18.7 Å². The number of aliphatic hydroxyl groups excluding tert-OH is 7. The van der Waals surface area contributed by atoms with E-state index in [4.69, 9.17) is 28.4 Å². The monoisotopic (exact) mass is 833 g/mol. The SMILES string of the molecule is CCCCC/C=C/C/C=C/CCCCCCCC(=O)OC[C@H](CO[C@@H]1O[C@H](CO[C@@H]2O[C@H](CO)[C@H](O)C(O)C2O)[C@H](O)C(O)C1O)OC(=O)CCCCCCCCC. The van der Waals surface area contributed by atoms with Crippen LogP contribution in [0.15, 0.2) is 24.3 Å². The van der Waals surface area contributed by atoms with Crippen LogP contribution < -0.4 is 0 Å². The number of carbonyl (C=O) groups excluding carboxylic acids is 2. The molecule has 4 unspecified atom stereocenters. The Bertz CT molecular complexity index is 1120. The minimum atomic E-state index is -1.76. The Morgan fingerprint density at radius 1 is 0.552 bits per heavy atom. The van der Waals surface area contributed by atoms with Gasteiger partial charge in [-0.3, -0.25) is 9.59 Å². The molecule has 338 valence electrons. The van der Waals surface area contributed by atoms with Crippen LogP contribution in [0.1, 0.15) is 142 Å². The van der Waals surface area contributed by atoms with Crippen molar-refractivity contribution in [3.63, 3.8) is 0 Å². The molecule has 0 aliphatic carbocycles. The van der Waals surface area contributed by atoms with Crippen molar-refractivity contribution in [2.45, 2.75) is 210 Å². The minimum absolute atomic E-state index is 0.162. The lowest BCUT2D eigenvalue weighted by Gasteiger charge is -2.42. The maximum Gasteiger partial charge on any atom is 0.306 e. The van der Waals surface area contributed by atoms with Crippen LogP contribution in [-0.2, 0) is 38.0 Å². The van der Waals surface area contributed by atoms with Crippen LogP contribution in [0.4, 0.5) is 0 Å². The lowest BCUT2D eigenvalue weighted by molar-refractivity contribution is -0.332. The number of ether oxygens (including phenoxy) is 6. The Morgan fingerprint density at radius 2 is 1.03 bits per heavy atom. The van der Waals surface area contributed by atoms with Crippen molar-refractivity contribution in [3.8, 4) is 0 Å². The lowest BCUT2D eigenvalue weighted by Crippen LogP contribution is -2.61. The van der Waals surface area contributed by atoms with E-state index >= 15 is 0 Å². The Labute approximate surface area is 345 Å². The van der Waals surface area contributed by atoms with Crippen LogP contribution in [0.5, 0.6) is 0 Å². The summed E-state index contributed by atoms with van der Waals surface area (Å²) >= 11 is 0. The Balaban J connectivity index is 1.84. The molecule has 7 N–H and O–H groups in total. The first-order valence-electron chi connectivity index (χ1n) is 21.9. The summed E-state index contributed by atoms with van der Waals surface area (Å²) in [7, 11) is 0. The van der Waals surface area contributed by atoms with Crippen LogP contribution in [0.2, 0.25) is 0 Å². The molecular formula is C43H76O15. The highest BCUT2D eigenvalue weighted by Crippen LogP contribution is 2.26. The van der Waals surface area contributed by atoms with Gasteiger partial charge in [-0.15, -0.1) is 0 Å². The predicted octanol–water partition coefficient (Wildman–Crippen LogP) is 4.04. The second-order valence-electron chi connectivity index (χ2n) is 15.5. The zero-order valence-corrected chi connectivity index (χ0v) is 35.0. The topological polar surface area (TPSA) is 231 Å². The Morgan fingerprint density at radius 3 is 1.64 bits per heavy atom. The average Bonchev–Trinajstić information content (AvgIpc) is 3.21. The maximum absolute atomic E-state index is 12.8. The third-order valence-electron chi connectivity index (χ3n) is 10.4. The molecule has 15 heteroatoms. The van der Waals surface area contributed by atoms with Crippen LogP contribution in [0.3, 0.4) is 0 Å². The molecule has 0 spiro atoms. The fourth-order valence-corrected chi connectivity index (χ4v) is 6.72. The normalized spacial score (nSPS) is 28.3. The molecule has 2 saturated heterocycles. The van der Waals surface area contributed by atoms with E-state index in [0.29, 0.717) is 12.8 Å². The standard InChI is InChI=1S/C43H76O15/c1-3-5-7-9-11-12-13-14-15-16-17-18-20-21-23-25-34(45)53-28-31(56-35(46)26-24-22-19-10-8-6-4-2)29-54-42-41(52)39(50)37(48)33(58-42)30-55-43-40(51)38(49)36(47)32(27-44)57-43/h11-12,14-15,31-33,36-44,47-52H,3-10,13,16-30H2,1-2H3/b12-11+,15-14+/t31-,32-,33-,36+,37+,38?,39?,40?,41?,42-,43-/m1/s1. The average molecular weight is 833 g/mol. The molecule has 2 rings (SSSR count). The molecule has 15 nitrogen and oxygen atoms in total. The van der Waals surface area contributed by atoms with Crippen molar-refractivity contribution in [2.75, 3.05) is 26.4 Å². The molecule has 0 radical (unpaired) electrons. The van der Waals surface area contributed by atoms with Gasteiger partial charge in [0, 0.05) is 12.8 Å². The van der Waals surface area contributed by atoms with Gasteiger partial charge in [-0.1, -0.05) is 109 Å². The van der Waals surface area contributed by atoms with Gasteiger partial charge >= 0.3 is 11.9 Å². The summed E-state index contributed by atoms with van der Waals surface area (Å²) in [5.74, 6) is -0.949. The first-order valence-corrected chi connectivity index (χ1v) is 21.9. The highest BCUT2D eigenvalue weighted by Gasteiger charge is 2.47. The van der Waals surface area contributed by atoms with Gasteiger partial charge in [0.05, 0.1) is 19.8 Å². The predicted molar refractivity (Wildman–Crippen MR) is 215 cm³/mol. The van der Waals surface area contributed by atoms with Crippen molar-refractivity contribution in [1.29, 1.82) is 0 Å². The molecule has 2 aliphatic heterocycles. The summed E-state index contributed by atoms with van der Waals surface area (Å²) in [6.45, 7) is 2.46. The number of aliphatic hydroxyl groups is 7. The van der Waals surface area contributed by atoms with Crippen LogP contribution in [-0.4, -0.2) is 142 Å². The van der Waals surface area contributed by atoms with E-state index in [1.807, 2.05) is 0 Å². The first kappa shape index (κ1) is 52.1. The summed E-state index contributed by atoms with van der Waals surface area (Å²) in [4.78, 5) is 25.4. The second kappa shape index (κ2) is 31.8. The minimum Gasteiger partial charge on any atom is -0.462 e. The van der Waals surface area contributed by atoms with Crippen LogP contribution in [0.25, 0.3) is 0 Å². The molecule has 0 bridgehead atoms. The molecular weight excluding hydrogens is 756 g/mol. The van der Waals surface area contributed by atoms with Crippen molar-refractivity contribution in [3.05, 3.63) is 24.3 Å². The van der Waals surface area contributed by atoms with E-state index < -0.39 is 92.7 Å². The second-order valence-corrected chi connectivity index (χ2v) is 15.5. The van der Waals surface area contributed by atoms with Gasteiger partial charge in [0.25, 0.3) is 0 Å². The largest absolute Gasteiger partial charge is 0.462 e. The zero-order valence-electron chi connectivity index (χ0n) is 35.0. The Hall–Kier alpha value is -2.02. The van der Waals surface area contributed by atoms with Crippen molar-refractivity contribution in [2.24, 2.45) is 0 Å². The number of allylic oxidation sites excluding steroid dienone is 4. The summed E-state index contributed by atoms with van der Waals surface area (Å²) in [5, 5.41) is 71.6. The van der Waals surface area contributed by atoms with Crippen LogP contribution in [0, 0.1) is 0 Å². The number of carbonyl (C=O) groups is 2. The zero-order chi connectivity index (χ0) is 42.5. The van der Waals surface area contributed by atoms with Gasteiger partial charge in [0.1, 0.15) is 55.4 Å². The molecule has 0 aromatic heterocycles. The molecule has 11 atom stereocenters. The fourth-order valence-electron chi connectivity index (χ4n) is 6.72. The van der Waals surface area contributed by atoms with E-state index in [-0.39, 0.29) is 26.1 Å². The van der Waals surface area contributed by atoms with Gasteiger partial charge in [-0.05, 0) is 44.9 Å². The molecule has 2 aliphatic rings. The quantitative estimate of drug-likeness (QED) is 0.0288. The highest BCUT2D eigenvalue weighted by molar-refractivity contribution is 5.70. The molecule has 58 heavy (non-hydrogen) atoms. The number of rotatable bonds is 32. The summed E-state index contributed by atoms with van der Waals surface area (Å²) in [6, 6.07) is 0. The highest BCUT2D eigenvalue weighted by atomic mass is 16.7. The van der Waals surface area contributed by atoms with Gasteiger partial charge in [0.2, 0.25) is 0 Å². The van der Waals surface area contributed by atoms with E-state index in [0.717, 1.165) is 77.0 Å². The molecule has 0 aromatic carbocycles. The van der Waals surface area contributed by atoms with Crippen molar-refractivity contribution in [1.82, 2.24) is 0 Å².